The predicted octanol–water partition coefficient (Wildman–Crippen LogP) is 2.89. The highest BCUT2D eigenvalue weighted by Gasteiger charge is 2.17. The molecule has 2 heterocycles. The first-order valence-electron chi connectivity index (χ1n) is 6.18. The molecule has 3 rings (SSSR count). The minimum Gasteiger partial charge on any atom is -0.454 e. The molecule has 20 heavy (non-hydrogen) atoms. The molecular weight excluding hydrogens is 280 g/mol. The van der Waals surface area contributed by atoms with E-state index in [4.69, 9.17) is 21.1 Å². The lowest BCUT2D eigenvalue weighted by atomic mass is 10.1. The molecule has 104 valence electrons. The van der Waals surface area contributed by atoms with Gasteiger partial charge in [0.1, 0.15) is 5.69 Å². The number of carbonyl (C=O) groups excluding carboxylic acids is 1. The van der Waals surface area contributed by atoms with Crippen LogP contribution in [0.3, 0.4) is 0 Å². The predicted molar refractivity (Wildman–Crippen MR) is 74.2 cm³/mol. The van der Waals surface area contributed by atoms with Crippen LogP contribution in [-0.4, -0.2) is 17.7 Å². The molecule has 2 aromatic rings. The zero-order valence-corrected chi connectivity index (χ0v) is 11.5. The summed E-state index contributed by atoms with van der Waals surface area (Å²) in [5.41, 5.74) is 1.38. The number of halogens is 1. The van der Waals surface area contributed by atoms with Gasteiger partial charge in [0.15, 0.2) is 11.5 Å². The van der Waals surface area contributed by atoms with Crippen LogP contribution in [0.5, 0.6) is 11.5 Å². The van der Waals surface area contributed by atoms with E-state index in [2.05, 4.69) is 10.3 Å². The fraction of sp³-hybridized carbons (Fsp3) is 0.214. The molecular formula is C14H13ClN2O3. The SMILES string of the molecule is C[C@@H](NC(=O)c1cc(Cl)c[nH]1)c1ccc2c(c1)OCO2. The summed E-state index contributed by atoms with van der Waals surface area (Å²) in [5, 5.41) is 3.40. The molecule has 0 saturated carbocycles. The monoisotopic (exact) mass is 292 g/mol. The molecule has 5 nitrogen and oxygen atoms in total. The maximum Gasteiger partial charge on any atom is 0.268 e. The zero-order valence-electron chi connectivity index (χ0n) is 10.8. The molecule has 0 saturated heterocycles. The molecule has 0 fully saturated rings. The number of rotatable bonds is 3. The number of H-pyrrole nitrogens is 1. The second-order valence-electron chi connectivity index (χ2n) is 4.54. The lowest BCUT2D eigenvalue weighted by molar-refractivity contribution is 0.0935. The van der Waals surface area contributed by atoms with Crippen LogP contribution in [0.15, 0.2) is 30.5 Å². The normalized spacial score (nSPS) is 14.1. The zero-order chi connectivity index (χ0) is 14.1. The van der Waals surface area contributed by atoms with Crippen molar-refractivity contribution in [1.29, 1.82) is 0 Å². The second kappa shape index (κ2) is 5.09. The molecule has 1 atom stereocenters. The topological polar surface area (TPSA) is 63.4 Å². The maximum atomic E-state index is 12.0. The number of hydrogen-bond donors (Lipinski definition) is 2. The Bertz CT molecular complexity index is 654. The molecule has 1 aromatic heterocycles. The van der Waals surface area contributed by atoms with E-state index in [1.165, 1.54) is 0 Å². The van der Waals surface area contributed by atoms with Crippen molar-refractivity contribution in [3.63, 3.8) is 0 Å². The van der Waals surface area contributed by atoms with Crippen molar-refractivity contribution in [2.24, 2.45) is 0 Å². The number of amides is 1. The minimum absolute atomic E-state index is 0.154. The molecule has 0 aliphatic carbocycles. The van der Waals surface area contributed by atoms with E-state index in [0.29, 0.717) is 16.5 Å². The summed E-state index contributed by atoms with van der Waals surface area (Å²) < 4.78 is 10.6. The quantitative estimate of drug-likeness (QED) is 0.914. The van der Waals surface area contributed by atoms with E-state index in [-0.39, 0.29) is 18.7 Å². The van der Waals surface area contributed by atoms with Gasteiger partial charge >= 0.3 is 0 Å². The lowest BCUT2D eigenvalue weighted by Gasteiger charge is -2.14. The van der Waals surface area contributed by atoms with E-state index >= 15 is 0 Å². The average molecular weight is 293 g/mol. The molecule has 1 amide bonds. The fourth-order valence-electron chi connectivity index (χ4n) is 2.04. The Morgan fingerprint density at radius 3 is 2.90 bits per heavy atom. The van der Waals surface area contributed by atoms with Gasteiger partial charge in [-0.05, 0) is 30.7 Å². The Morgan fingerprint density at radius 1 is 1.35 bits per heavy atom. The average Bonchev–Trinajstić information content (AvgIpc) is 3.05. The van der Waals surface area contributed by atoms with Crippen molar-refractivity contribution in [2.45, 2.75) is 13.0 Å². The van der Waals surface area contributed by atoms with E-state index in [0.717, 1.165) is 11.3 Å². The third-order valence-corrected chi connectivity index (χ3v) is 3.35. The number of hydrogen-bond acceptors (Lipinski definition) is 3. The van der Waals surface area contributed by atoms with Gasteiger partial charge in [0.2, 0.25) is 6.79 Å². The number of aromatic amines is 1. The summed E-state index contributed by atoms with van der Waals surface area (Å²) in [6.45, 7) is 2.14. The van der Waals surface area contributed by atoms with Crippen molar-refractivity contribution < 1.29 is 14.3 Å². The highest BCUT2D eigenvalue weighted by molar-refractivity contribution is 6.30. The number of benzene rings is 1. The van der Waals surface area contributed by atoms with Crippen molar-refractivity contribution >= 4 is 17.5 Å². The Balaban J connectivity index is 1.73. The smallest absolute Gasteiger partial charge is 0.268 e. The number of ether oxygens (including phenoxy) is 2. The third-order valence-electron chi connectivity index (χ3n) is 3.14. The van der Waals surface area contributed by atoms with Gasteiger partial charge in [-0.15, -0.1) is 0 Å². The molecule has 1 aromatic carbocycles. The highest BCUT2D eigenvalue weighted by Crippen LogP contribution is 2.34. The number of carbonyl (C=O) groups is 1. The van der Waals surface area contributed by atoms with Crippen LogP contribution in [0.1, 0.15) is 29.0 Å². The number of aromatic nitrogens is 1. The van der Waals surface area contributed by atoms with Gasteiger partial charge in [0.05, 0.1) is 11.1 Å². The van der Waals surface area contributed by atoms with Crippen LogP contribution in [0, 0.1) is 0 Å². The van der Waals surface area contributed by atoms with Gasteiger partial charge < -0.3 is 19.8 Å². The summed E-state index contributed by atoms with van der Waals surface area (Å²) >= 11 is 5.78. The fourth-order valence-corrected chi connectivity index (χ4v) is 2.20. The van der Waals surface area contributed by atoms with Crippen molar-refractivity contribution in [1.82, 2.24) is 10.3 Å². The first kappa shape index (κ1) is 12.9. The lowest BCUT2D eigenvalue weighted by Crippen LogP contribution is -2.26. The number of nitrogens with one attached hydrogen (secondary N) is 2. The molecule has 1 aliphatic heterocycles. The van der Waals surface area contributed by atoms with Crippen LogP contribution in [0.2, 0.25) is 5.02 Å². The van der Waals surface area contributed by atoms with E-state index in [1.54, 1.807) is 12.3 Å². The molecule has 0 spiro atoms. The van der Waals surface area contributed by atoms with Crippen molar-refractivity contribution in [2.75, 3.05) is 6.79 Å². The Morgan fingerprint density at radius 2 is 2.15 bits per heavy atom. The van der Waals surface area contributed by atoms with Crippen LogP contribution in [-0.2, 0) is 0 Å². The largest absolute Gasteiger partial charge is 0.454 e. The molecule has 0 bridgehead atoms. The van der Waals surface area contributed by atoms with Gasteiger partial charge in [-0.3, -0.25) is 4.79 Å². The van der Waals surface area contributed by atoms with Crippen molar-refractivity contribution in [3.8, 4) is 11.5 Å². The molecule has 0 radical (unpaired) electrons. The van der Waals surface area contributed by atoms with Gasteiger partial charge in [-0.2, -0.15) is 0 Å². The highest BCUT2D eigenvalue weighted by atomic mass is 35.5. The second-order valence-corrected chi connectivity index (χ2v) is 4.98. The van der Waals surface area contributed by atoms with Crippen LogP contribution < -0.4 is 14.8 Å². The molecule has 1 aliphatic rings. The molecule has 0 unspecified atom stereocenters. The first-order chi connectivity index (χ1) is 9.63. The third kappa shape index (κ3) is 2.44. The maximum absolute atomic E-state index is 12.0. The van der Waals surface area contributed by atoms with E-state index < -0.39 is 0 Å². The Hall–Kier alpha value is -2.14. The summed E-state index contributed by atoms with van der Waals surface area (Å²) in [7, 11) is 0. The first-order valence-corrected chi connectivity index (χ1v) is 6.55. The van der Waals surface area contributed by atoms with Crippen LogP contribution in [0.4, 0.5) is 0 Å². The summed E-state index contributed by atoms with van der Waals surface area (Å²) in [5.74, 6) is 1.22. The number of fused-ring (bicyclic) bond motifs is 1. The van der Waals surface area contributed by atoms with E-state index in [1.807, 2.05) is 25.1 Å². The molecule has 6 heteroatoms. The standard InChI is InChI=1S/C14H13ClN2O3/c1-8(17-14(18)11-5-10(15)6-16-11)9-2-3-12-13(4-9)20-7-19-12/h2-6,8,16H,7H2,1H3,(H,17,18)/t8-/m1/s1. The van der Waals surface area contributed by atoms with Crippen LogP contribution in [0.25, 0.3) is 0 Å². The van der Waals surface area contributed by atoms with Gasteiger partial charge in [-0.25, -0.2) is 0 Å². The van der Waals surface area contributed by atoms with Crippen LogP contribution >= 0.6 is 11.6 Å². The minimum atomic E-state index is -0.206. The molecule has 2 N–H and O–H groups in total. The summed E-state index contributed by atoms with van der Waals surface area (Å²) in [6.07, 6.45) is 1.57. The van der Waals surface area contributed by atoms with Gasteiger partial charge in [-0.1, -0.05) is 17.7 Å². The Labute approximate surface area is 120 Å². The summed E-state index contributed by atoms with van der Waals surface area (Å²) in [4.78, 5) is 14.8. The summed E-state index contributed by atoms with van der Waals surface area (Å²) in [6, 6.07) is 7.04. The van der Waals surface area contributed by atoms with Crippen molar-refractivity contribution in [3.05, 3.63) is 46.7 Å². The van der Waals surface area contributed by atoms with E-state index in [9.17, 15) is 4.79 Å². The Kier molecular flexibility index (Phi) is 3.28. The van der Waals surface area contributed by atoms with Gasteiger partial charge in [0, 0.05) is 6.20 Å². The van der Waals surface area contributed by atoms with Gasteiger partial charge in [0.25, 0.3) is 5.91 Å².